The number of aromatic nitrogens is 2. The minimum Gasteiger partial charge on any atom is -0.309 e. The van der Waals surface area contributed by atoms with Crippen molar-refractivity contribution in [3.63, 3.8) is 0 Å². The van der Waals surface area contributed by atoms with Gasteiger partial charge in [0.05, 0.1) is 0 Å². The van der Waals surface area contributed by atoms with Crippen molar-refractivity contribution in [2.45, 2.75) is 27.2 Å². The van der Waals surface area contributed by atoms with Crippen LogP contribution in [0.15, 0.2) is 6.33 Å². The summed E-state index contributed by atoms with van der Waals surface area (Å²) in [6.07, 6.45) is 1.97. The molecule has 0 atom stereocenters. The molecule has 88 valence electrons. The van der Waals surface area contributed by atoms with E-state index >= 15 is 0 Å². The van der Waals surface area contributed by atoms with Crippen molar-refractivity contribution in [1.82, 2.24) is 9.97 Å². The summed E-state index contributed by atoms with van der Waals surface area (Å²) in [6, 6.07) is 0. The molecule has 1 N–H and O–H groups in total. The van der Waals surface area contributed by atoms with Crippen LogP contribution in [-0.2, 0) is 4.79 Å². The summed E-state index contributed by atoms with van der Waals surface area (Å²) in [5.41, 5.74) is -0.471. The van der Waals surface area contributed by atoms with Crippen LogP contribution in [0, 0.1) is 5.41 Å². The van der Waals surface area contributed by atoms with Gasteiger partial charge in [0, 0.05) is 5.41 Å². The minimum atomic E-state index is -0.471. The van der Waals surface area contributed by atoms with E-state index in [1.54, 1.807) is 0 Å². The Morgan fingerprint density at radius 1 is 1.44 bits per heavy atom. The lowest BCUT2D eigenvalue weighted by atomic mass is 9.89. The van der Waals surface area contributed by atoms with E-state index in [1.165, 1.54) is 6.33 Å². The molecule has 0 aliphatic heterocycles. The number of halogens is 2. The number of carbonyl (C=O) groups excluding carboxylic acids is 1. The molecular weight excluding hydrogens is 249 g/mol. The molecule has 0 bridgehead atoms. The van der Waals surface area contributed by atoms with Crippen molar-refractivity contribution in [3.05, 3.63) is 16.5 Å². The first-order chi connectivity index (χ1) is 7.38. The fourth-order valence-corrected chi connectivity index (χ4v) is 1.15. The Kier molecular flexibility index (Phi) is 4.10. The van der Waals surface area contributed by atoms with Crippen molar-refractivity contribution in [3.8, 4) is 0 Å². The van der Waals surface area contributed by atoms with Gasteiger partial charge in [-0.25, -0.2) is 9.97 Å². The predicted molar refractivity (Wildman–Crippen MR) is 64.8 cm³/mol. The number of anilines is 1. The maximum atomic E-state index is 11.9. The van der Waals surface area contributed by atoms with Crippen LogP contribution in [0.1, 0.15) is 27.2 Å². The molecule has 0 spiro atoms. The van der Waals surface area contributed by atoms with Gasteiger partial charge in [0.15, 0.2) is 11.0 Å². The number of nitrogens with one attached hydrogen (secondary N) is 1. The number of carbonyl (C=O) groups is 1. The predicted octanol–water partition coefficient (Wildman–Crippen LogP) is 3.16. The molecule has 16 heavy (non-hydrogen) atoms. The molecule has 1 rings (SSSR count). The highest BCUT2D eigenvalue weighted by molar-refractivity contribution is 6.42. The third-order valence-electron chi connectivity index (χ3n) is 2.48. The molecule has 1 aromatic heterocycles. The molecule has 0 saturated carbocycles. The summed E-state index contributed by atoms with van der Waals surface area (Å²) in [4.78, 5) is 19.4. The maximum Gasteiger partial charge on any atom is 0.231 e. The molecule has 0 aromatic carbocycles. The molecule has 0 aliphatic carbocycles. The van der Waals surface area contributed by atoms with E-state index in [0.717, 1.165) is 6.42 Å². The van der Waals surface area contributed by atoms with E-state index in [9.17, 15) is 4.79 Å². The maximum absolute atomic E-state index is 11.9. The molecular formula is C10H13Cl2N3O. The number of nitrogens with zero attached hydrogens (tertiary/aromatic N) is 2. The summed E-state index contributed by atoms with van der Waals surface area (Å²) < 4.78 is 0. The van der Waals surface area contributed by atoms with Gasteiger partial charge < -0.3 is 5.32 Å². The lowest BCUT2D eigenvalue weighted by molar-refractivity contribution is -0.124. The van der Waals surface area contributed by atoms with Crippen LogP contribution in [0.25, 0.3) is 0 Å². The van der Waals surface area contributed by atoms with Crippen LogP contribution in [0.5, 0.6) is 0 Å². The Labute approximate surface area is 104 Å². The Morgan fingerprint density at radius 2 is 2.06 bits per heavy atom. The molecule has 6 heteroatoms. The first-order valence-corrected chi connectivity index (χ1v) is 5.61. The highest BCUT2D eigenvalue weighted by atomic mass is 35.5. The van der Waals surface area contributed by atoms with E-state index in [0.29, 0.717) is 0 Å². The average molecular weight is 262 g/mol. The monoisotopic (exact) mass is 261 g/mol. The normalized spacial score (nSPS) is 11.3. The molecule has 0 unspecified atom stereocenters. The van der Waals surface area contributed by atoms with Gasteiger partial charge in [-0.15, -0.1) is 0 Å². The summed E-state index contributed by atoms with van der Waals surface area (Å²) in [7, 11) is 0. The molecule has 0 fully saturated rings. The van der Waals surface area contributed by atoms with Gasteiger partial charge in [-0.05, 0) is 6.42 Å². The average Bonchev–Trinajstić information content (AvgIpc) is 2.24. The van der Waals surface area contributed by atoms with Crippen LogP contribution in [0.2, 0.25) is 10.2 Å². The van der Waals surface area contributed by atoms with Crippen LogP contribution in [0.3, 0.4) is 0 Å². The molecule has 1 heterocycles. The molecule has 0 saturated heterocycles. The zero-order valence-electron chi connectivity index (χ0n) is 9.34. The summed E-state index contributed by atoms with van der Waals surface area (Å²) >= 11 is 11.6. The van der Waals surface area contributed by atoms with Gasteiger partial charge >= 0.3 is 0 Å². The van der Waals surface area contributed by atoms with Gasteiger partial charge in [-0.1, -0.05) is 44.0 Å². The standard InChI is InChI=1S/C10H13Cl2N3O/c1-4-10(2,3)9(16)15-8-6(11)7(12)13-5-14-8/h5H,4H2,1-3H3,(H,13,14,15,16). The number of rotatable bonds is 3. The molecule has 1 aromatic rings. The first-order valence-electron chi connectivity index (χ1n) is 4.86. The Morgan fingerprint density at radius 3 is 2.62 bits per heavy atom. The SMILES string of the molecule is CCC(C)(C)C(=O)Nc1ncnc(Cl)c1Cl. The van der Waals surface area contributed by atoms with Crippen molar-refractivity contribution >= 4 is 34.9 Å². The Bertz CT molecular complexity index is 407. The highest BCUT2D eigenvalue weighted by Crippen LogP contribution is 2.28. The second-order valence-electron chi connectivity index (χ2n) is 4.02. The summed E-state index contributed by atoms with van der Waals surface area (Å²) in [6.45, 7) is 5.63. The van der Waals surface area contributed by atoms with Gasteiger partial charge in [-0.2, -0.15) is 0 Å². The quantitative estimate of drug-likeness (QED) is 0.851. The van der Waals surface area contributed by atoms with E-state index in [2.05, 4.69) is 15.3 Å². The van der Waals surface area contributed by atoms with Crippen LogP contribution in [0.4, 0.5) is 5.82 Å². The minimum absolute atomic E-state index is 0.126. The molecule has 0 aliphatic rings. The highest BCUT2D eigenvalue weighted by Gasteiger charge is 2.26. The van der Waals surface area contributed by atoms with Gasteiger partial charge in [-0.3, -0.25) is 4.79 Å². The van der Waals surface area contributed by atoms with Crippen LogP contribution in [-0.4, -0.2) is 15.9 Å². The van der Waals surface area contributed by atoms with Gasteiger partial charge in [0.1, 0.15) is 11.3 Å². The van der Waals surface area contributed by atoms with E-state index < -0.39 is 5.41 Å². The second-order valence-corrected chi connectivity index (χ2v) is 4.75. The fourth-order valence-electron chi connectivity index (χ4n) is 0.873. The second kappa shape index (κ2) is 4.97. The largest absolute Gasteiger partial charge is 0.309 e. The summed E-state index contributed by atoms with van der Waals surface area (Å²) in [5, 5.41) is 2.92. The van der Waals surface area contributed by atoms with E-state index in [-0.39, 0.29) is 21.9 Å². The lowest BCUT2D eigenvalue weighted by Gasteiger charge is -2.21. The van der Waals surface area contributed by atoms with Crippen molar-refractivity contribution in [2.24, 2.45) is 5.41 Å². The summed E-state index contributed by atoms with van der Waals surface area (Å²) in [5.74, 6) is 0.0971. The lowest BCUT2D eigenvalue weighted by Crippen LogP contribution is -2.30. The number of hydrogen-bond acceptors (Lipinski definition) is 3. The third kappa shape index (κ3) is 2.83. The number of hydrogen-bond donors (Lipinski definition) is 1. The molecule has 1 amide bonds. The van der Waals surface area contributed by atoms with Gasteiger partial charge in [0.25, 0.3) is 0 Å². The Hall–Kier alpha value is -0.870. The zero-order valence-corrected chi connectivity index (χ0v) is 10.9. The van der Waals surface area contributed by atoms with Crippen molar-refractivity contribution in [2.75, 3.05) is 5.32 Å². The smallest absolute Gasteiger partial charge is 0.231 e. The topological polar surface area (TPSA) is 54.9 Å². The molecule has 0 radical (unpaired) electrons. The van der Waals surface area contributed by atoms with Crippen molar-refractivity contribution in [1.29, 1.82) is 0 Å². The van der Waals surface area contributed by atoms with Gasteiger partial charge in [0.2, 0.25) is 5.91 Å². The zero-order chi connectivity index (χ0) is 12.3. The Balaban J connectivity index is 2.90. The van der Waals surface area contributed by atoms with E-state index in [4.69, 9.17) is 23.2 Å². The number of amides is 1. The van der Waals surface area contributed by atoms with Crippen LogP contribution >= 0.6 is 23.2 Å². The van der Waals surface area contributed by atoms with Crippen molar-refractivity contribution < 1.29 is 4.79 Å². The molecule has 4 nitrogen and oxygen atoms in total. The first kappa shape index (κ1) is 13.2. The van der Waals surface area contributed by atoms with Crippen LogP contribution < -0.4 is 5.32 Å². The van der Waals surface area contributed by atoms with E-state index in [1.807, 2.05) is 20.8 Å². The fraction of sp³-hybridized carbons (Fsp3) is 0.500. The third-order valence-corrected chi connectivity index (χ3v) is 3.22.